The van der Waals surface area contributed by atoms with E-state index in [1.807, 2.05) is 18.2 Å². The van der Waals surface area contributed by atoms with Crippen LogP contribution in [-0.4, -0.2) is 11.1 Å². The fraction of sp³-hybridized carbons (Fsp3) is 0.0435. The zero-order chi connectivity index (χ0) is 20.1. The van der Waals surface area contributed by atoms with E-state index in [-0.39, 0.29) is 12.4 Å². The van der Waals surface area contributed by atoms with Gasteiger partial charge in [0.2, 0.25) is 0 Å². The van der Waals surface area contributed by atoms with Gasteiger partial charge in [-0.05, 0) is 48.5 Å². The molecule has 4 aromatic rings. The van der Waals surface area contributed by atoms with Crippen LogP contribution in [0.1, 0.15) is 16.1 Å². The van der Waals surface area contributed by atoms with Crippen LogP contribution in [0.4, 0.5) is 4.39 Å². The van der Waals surface area contributed by atoms with Gasteiger partial charge in [0, 0.05) is 11.6 Å². The highest BCUT2D eigenvalue weighted by Crippen LogP contribution is 2.26. The van der Waals surface area contributed by atoms with E-state index in [0.29, 0.717) is 34.1 Å². The highest BCUT2D eigenvalue weighted by atomic mass is 19.1. The maximum atomic E-state index is 13.0. The molecule has 1 aromatic heterocycles. The maximum absolute atomic E-state index is 13.0. The third-order valence-electron chi connectivity index (χ3n) is 4.12. The van der Waals surface area contributed by atoms with Crippen LogP contribution >= 0.6 is 0 Å². The Balaban J connectivity index is 1.43. The van der Waals surface area contributed by atoms with Crippen molar-refractivity contribution in [1.82, 2.24) is 5.16 Å². The smallest absolute Gasteiger partial charge is 0.342 e. The van der Waals surface area contributed by atoms with Crippen molar-refractivity contribution in [2.24, 2.45) is 0 Å². The van der Waals surface area contributed by atoms with Gasteiger partial charge < -0.3 is 14.0 Å². The van der Waals surface area contributed by atoms with Crippen molar-refractivity contribution in [3.8, 4) is 22.8 Å². The third kappa shape index (κ3) is 4.50. The lowest BCUT2D eigenvalue weighted by Crippen LogP contribution is -2.07. The van der Waals surface area contributed by atoms with Crippen LogP contribution in [0.5, 0.6) is 11.5 Å². The lowest BCUT2D eigenvalue weighted by atomic mass is 10.1. The zero-order valence-electron chi connectivity index (χ0n) is 15.2. The zero-order valence-corrected chi connectivity index (χ0v) is 15.2. The van der Waals surface area contributed by atoms with Gasteiger partial charge in [-0.15, -0.1) is 0 Å². The Labute approximate surface area is 166 Å². The normalized spacial score (nSPS) is 10.5. The maximum Gasteiger partial charge on any atom is 0.342 e. The number of esters is 1. The number of nitrogens with zero attached hydrogens (tertiary/aromatic N) is 1. The number of benzene rings is 3. The van der Waals surface area contributed by atoms with E-state index in [0.717, 1.165) is 0 Å². The second-order valence-electron chi connectivity index (χ2n) is 6.18. The molecule has 0 spiro atoms. The van der Waals surface area contributed by atoms with Gasteiger partial charge in [-0.1, -0.05) is 35.5 Å². The number of hydrogen-bond donors (Lipinski definition) is 0. The summed E-state index contributed by atoms with van der Waals surface area (Å²) in [6.45, 7) is -0.0663. The van der Waals surface area contributed by atoms with E-state index in [4.69, 9.17) is 14.0 Å². The van der Waals surface area contributed by atoms with Crippen molar-refractivity contribution in [1.29, 1.82) is 0 Å². The van der Waals surface area contributed by atoms with Crippen LogP contribution in [0.3, 0.4) is 0 Å². The van der Waals surface area contributed by atoms with Crippen molar-refractivity contribution in [2.75, 3.05) is 0 Å². The first kappa shape index (κ1) is 18.4. The minimum Gasteiger partial charge on any atom is -0.456 e. The molecule has 0 fully saturated rings. The Morgan fingerprint density at radius 2 is 1.66 bits per heavy atom. The molecular weight excluding hydrogens is 373 g/mol. The lowest BCUT2D eigenvalue weighted by Gasteiger charge is -2.10. The molecular formula is C23H16FNO4. The monoisotopic (exact) mass is 389 g/mol. The van der Waals surface area contributed by atoms with Gasteiger partial charge in [0.15, 0.2) is 5.76 Å². The van der Waals surface area contributed by atoms with E-state index in [2.05, 4.69) is 5.16 Å². The topological polar surface area (TPSA) is 61.6 Å². The fourth-order valence-electron chi connectivity index (χ4n) is 2.69. The van der Waals surface area contributed by atoms with Crippen LogP contribution in [0.25, 0.3) is 11.3 Å². The minimum atomic E-state index is -0.539. The van der Waals surface area contributed by atoms with Gasteiger partial charge >= 0.3 is 5.97 Å². The summed E-state index contributed by atoms with van der Waals surface area (Å²) in [5.74, 6) is 0.606. The number of carbonyl (C=O) groups excluding carboxylic acids is 1. The lowest BCUT2D eigenvalue weighted by molar-refractivity contribution is 0.0461. The van der Waals surface area contributed by atoms with Gasteiger partial charge in [0.25, 0.3) is 0 Å². The van der Waals surface area contributed by atoms with Crippen molar-refractivity contribution in [3.05, 3.63) is 102 Å². The molecule has 0 saturated heterocycles. The Morgan fingerprint density at radius 3 is 2.45 bits per heavy atom. The summed E-state index contributed by atoms with van der Waals surface area (Å²) in [7, 11) is 0. The molecule has 0 aliphatic rings. The summed E-state index contributed by atoms with van der Waals surface area (Å²) in [5, 5.41) is 3.89. The molecule has 0 aliphatic heterocycles. The highest BCUT2D eigenvalue weighted by Gasteiger charge is 2.16. The molecule has 0 unspecified atom stereocenters. The molecule has 4 rings (SSSR count). The van der Waals surface area contributed by atoms with Crippen molar-refractivity contribution in [2.45, 2.75) is 6.61 Å². The van der Waals surface area contributed by atoms with E-state index in [1.54, 1.807) is 54.6 Å². The molecule has 1 heterocycles. The van der Waals surface area contributed by atoms with Gasteiger partial charge in [-0.3, -0.25) is 0 Å². The summed E-state index contributed by atoms with van der Waals surface area (Å²) in [4.78, 5) is 12.5. The molecule has 0 aliphatic carbocycles. The average Bonchev–Trinajstić information content (AvgIpc) is 3.23. The number of rotatable bonds is 6. The third-order valence-corrected chi connectivity index (χ3v) is 4.12. The largest absolute Gasteiger partial charge is 0.456 e. The van der Waals surface area contributed by atoms with Crippen molar-refractivity contribution in [3.63, 3.8) is 0 Å². The first-order valence-electron chi connectivity index (χ1n) is 8.89. The van der Waals surface area contributed by atoms with Crippen LogP contribution in [-0.2, 0) is 11.3 Å². The molecule has 0 radical (unpaired) electrons. The van der Waals surface area contributed by atoms with Crippen LogP contribution in [0.15, 0.2) is 89.5 Å². The molecule has 0 amide bonds. The van der Waals surface area contributed by atoms with Gasteiger partial charge in [0.05, 0.1) is 0 Å². The van der Waals surface area contributed by atoms with Crippen LogP contribution in [0.2, 0.25) is 0 Å². The summed E-state index contributed by atoms with van der Waals surface area (Å²) in [6.07, 6.45) is 0. The number of carbonyl (C=O) groups is 1. The number of aromatic nitrogens is 1. The van der Waals surface area contributed by atoms with Gasteiger partial charge in [-0.2, -0.15) is 0 Å². The summed E-state index contributed by atoms with van der Waals surface area (Å²) < 4.78 is 29.4. The molecule has 0 atom stereocenters. The van der Waals surface area contributed by atoms with E-state index in [9.17, 15) is 9.18 Å². The second kappa shape index (κ2) is 8.39. The van der Waals surface area contributed by atoms with Crippen LogP contribution in [0, 0.1) is 5.82 Å². The quantitative estimate of drug-likeness (QED) is 0.400. The van der Waals surface area contributed by atoms with E-state index in [1.165, 1.54) is 12.1 Å². The highest BCUT2D eigenvalue weighted by molar-refractivity contribution is 5.92. The Morgan fingerprint density at radius 1 is 0.931 bits per heavy atom. The number of halogens is 1. The minimum absolute atomic E-state index is 0.0663. The van der Waals surface area contributed by atoms with E-state index >= 15 is 0 Å². The molecule has 6 heteroatoms. The Kier molecular flexibility index (Phi) is 5.33. The van der Waals surface area contributed by atoms with Gasteiger partial charge in [0.1, 0.15) is 35.2 Å². The molecule has 0 saturated carbocycles. The average molecular weight is 389 g/mol. The molecule has 3 aromatic carbocycles. The predicted molar refractivity (Wildman–Crippen MR) is 104 cm³/mol. The number of ether oxygens (including phenoxy) is 2. The first-order valence-corrected chi connectivity index (χ1v) is 8.89. The Hall–Kier alpha value is -3.93. The molecule has 0 bridgehead atoms. The van der Waals surface area contributed by atoms with E-state index < -0.39 is 5.97 Å². The van der Waals surface area contributed by atoms with Crippen molar-refractivity contribution < 1.29 is 23.2 Å². The first-order chi connectivity index (χ1) is 14.2. The second-order valence-corrected chi connectivity index (χ2v) is 6.18. The van der Waals surface area contributed by atoms with Crippen LogP contribution < -0.4 is 4.74 Å². The number of hydrogen-bond acceptors (Lipinski definition) is 5. The SMILES string of the molecule is O=C(OCc1cc(-c2ccc(F)cc2)on1)c1ccccc1Oc1ccccc1. The molecule has 0 N–H and O–H groups in total. The summed E-state index contributed by atoms with van der Waals surface area (Å²) >= 11 is 0. The van der Waals surface area contributed by atoms with Gasteiger partial charge in [-0.25, -0.2) is 9.18 Å². The van der Waals surface area contributed by atoms with Crippen molar-refractivity contribution >= 4 is 5.97 Å². The molecule has 29 heavy (non-hydrogen) atoms. The standard InChI is InChI=1S/C23H16FNO4/c24-17-12-10-16(11-13-17)22-14-18(25-29-22)15-27-23(26)20-8-4-5-9-21(20)28-19-6-2-1-3-7-19/h1-14H,15H2. The summed E-state index contributed by atoms with van der Waals surface area (Å²) in [5.41, 5.74) is 1.43. The number of para-hydroxylation sites is 2. The fourth-order valence-corrected chi connectivity index (χ4v) is 2.69. The molecule has 144 valence electrons. The Bertz CT molecular complexity index is 1110. The molecule has 5 nitrogen and oxygen atoms in total. The summed E-state index contributed by atoms with van der Waals surface area (Å²) in [6, 6.07) is 23.5. The predicted octanol–water partition coefficient (Wildman–Crippen LogP) is 5.63.